The Balaban J connectivity index is 2.33. The molecule has 1 heterocycles. The van der Waals surface area contributed by atoms with Gasteiger partial charge in [-0.2, -0.15) is 0 Å². The van der Waals surface area contributed by atoms with Crippen molar-refractivity contribution < 1.29 is 14.4 Å². The van der Waals surface area contributed by atoms with Crippen LogP contribution in [0.2, 0.25) is 0 Å². The Morgan fingerprint density at radius 1 is 1.39 bits per heavy atom. The topological polar surface area (TPSA) is 76.1 Å². The van der Waals surface area contributed by atoms with Crippen molar-refractivity contribution in [3.05, 3.63) is 27.4 Å². The SMILES string of the molecule is Cc1nc2c(s1)C(=O)C(NC(=O)C(C)C)=CC2=O. The first-order valence-corrected chi connectivity index (χ1v) is 6.31. The second-order valence-corrected chi connectivity index (χ2v) is 5.51. The lowest BCUT2D eigenvalue weighted by atomic mass is 10.0. The van der Waals surface area contributed by atoms with E-state index in [4.69, 9.17) is 0 Å². The Morgan fingerprint density at radius 2 is 2.06 bits per heavy atom. The first kappa shape index (κ1) is 12.6. The van der Waals surface area contributed by atoms with Crippen LogP contribution in [0.15, 0.2) is 11.8 Å². The van der Waals surface area contributed by atoms with E-state index in [1.54, 1.807) is 20.8 Å². The number of hydrogen-bond acceptors (Lipinski definition) is 5. The zero-order valence-electron chi connectivity index (χ0n) is 10.2. The summed E-state index contributed by atoms with van der Waals surface area (Å²) < 4.78 is 0. The standard InChI is InChI=1S/C12H12N2O3S/c1-5(2)12(17)14-7-4-8(15)9-11(10(7)16)18-6(3)13-9/h4-5H,1-3H3,(H,14,17). The predicted molar refractivity (Wildman–Crippen MR) is 66.6 cm³/mol. The highest BCUT2D eigenvalue weighted by Gasteiger charge is 2.30. The fourth-order valence-corrected chi connectivity index (χ4v) is 2.38. The number of amides is 1. The summed E-state index contributed by atoms with van der Waals surface area (Å²) in [6, 6.07) is 0. The van der Waals surface area contributed by atoms with Crippen LogP contribution in [0.1, 0.15) is 39.0 Å². The fourth-order valence-electron chi connectivity index (χ4n) is 1.51. The second kappa shape index (κ2) is 4.45. The van der Waals surface area contributed by atoms with E-state index in [0.717, 1.165) is 6.08 Å². The molecule has 0 atom stereocenters. The van der Waals surface area contributed by atoms with E-state index in [0.29, 0.717) is 9.88 Å². The molecular formula is C12H12N2O3S. The van der Waals surface area contributed by atoms with Gasteiger partial charge in [-0.25, -0.2) is 4.98 Å². The summed E-state index contributed by atoms with van der Waals surface area (Å²) in [6.07, 6.45) is 1.14. The minimum Gasteiger partial charge on any atom is -0.322 e. The van der Waals surface area contributed by atoms with Crippen molar-refractivity contribution >= 4 is 28.8 Å². The third kappa shape index (κ3) is 2.11. The monoisotopic (exact) mass is 264 g/mol. The fraction of sp³-hybridized carbons (Fsp3) is 0.333. The molecular weight excluding hydrogens is 252 g/mol. The van der Waals surface area contributed by atoms with Crippen molar-refractivity contribution in [2.24, 2.45) is 5.92 Å². The van der Waals surface area contributed by atoms with Gasteiger partial charge < -0.3 is 5.32 Å². The number of ketones is 2. The maximum atomic E-state index is 12.1. The number of Topliss-reactive ketones (excluding diaryl/α,β-unsaturated/α-hetero) is 1. The van der Waals surface area contributed by atoms with Crippen LogP contribution in [0.5, 0.6) is 0 Å². The van der Waals surface area contributed by atoms with Crippen LogP contribution in [0.3, 0.4) is 0 Å². The number of hydrogen-bond donors (Lipinski definition) is 1. The van der Waals surface area contributed by atoms with Crippen LogP contribution >= 0.6 is 11.3 Å². The molecule has 0 saturated carbocycles. The van der Waals surface area contributed by atoms with Crippen LogP contribution in [-0.4, -0.2) is 22.5 Å². The average Bonchev–Trinajstić information content (AvgIpc) is 2.68. The lowest BCUT2D eigenvalue weighted by Gasteiger charge is -2.13. The molecule has 0 spiro atoms. The van der Waals surface area contributed by atoms with Gasteiger partial charge in [0.25, 0.3) is 0 Å². The van der Waals surface area contributed by atoms with Crippen LogP contribution in [0, 0.1) is 12.8 Å². The van der Waals surface area contributed by atoms with Gasteiger partial charge in [0.15, 0.2) is 0 Å². The molecule has 1 N–H and O–H groups in total. The number of carbonyl (C=O) groups is 3. The number of allylic oxidation sites excluding steroid dienone is 2. The van der Waals surface area contributed by atoms with Gasteiger partial charge in [0.2, 0.25) is 17.5 Å². The molecule has 0 aromatic carbocycles. The van der Waals surface area contributed by atoms with Crippen molar-refractivity contribution in [2.45, 2.75) is 20.8 Å². The summed E-state index contributed by atoms with van der Waals surface area (Å²) in [7, 11) is 0. The first-order chi connectivity index (χ1) is 8.40. The molecule has 1 amide bonds. The molecule has 1 aromatic rings. The van der Waals surface area contributed by atoms with Gasteiger partial charge in [-0.15, -0.1) is 11.3 Å². The minimum absolute atomic E-state index is 0.0369. The Morgan fingerprint density at radius 3 is 2.67 bits per heavy atom. The number of nitrogens with zero attached hydrogens (tertiary/aromatic N) is 1. The van der Waals surface area contributed by atoms with Crippen molar-refractivity contribution in [3.8, 4) is 0 Å². The Labute approximate surface area is 108 Å². The number of thiazole rings is 1. The van der Waals surface area contributed by atoms with Crippen molar-refractivity contribution in [1.82, 2.24) is 10.3 Å². The van der Waals surface area contributed by atoms with Crippen LogP contribution in [0.25, 0.3) is 0 Å². The molecule has 2 rings (SSSR count). The van der Waals surface area contributed by atoms with Gasteiger partial charge in [-0.1, -0.05) is 13.8 Å². The van der Waals surface area contributed by atoms with E-state index >= 15 is 0 Å². The van der Waals surface area contributed by atoms with Gasteiger partial charge >= 0.3 is 0 Å². The highest BCUT2D eigenvalue weighted by molar-refractivity contribution is 7.14. The third-order valence-electron chi connectivity index (χ3n) is 2.48. The number of rotatable bonds is 2. The van der Waals surface area contributed by atoms with Crippen LogP contribution < -0.4 is 5.32 Å². The largest absolute Gasteiger partial charge is 0.322 e. The highest BCUT2D eigenvalue weighted by Crippen LogP contribution is 2.25. The summed E-state index contributed by atoms with van der Waals surface area (Å²) >= 11 is 1.17. The molecule has 18 heavy (non-hydrogen) atoms. The molecule has 1 aliphatic rings. The Kier molecular flexibility index (Phi) is 3.13. The normalized spacial score (nSPS) is 14.6. The molecule has 6 heteroatoms. The molecule has 94 valence electrons. The summed E-state index contributed by atoms with van der Waals surface area (Å²) in [5, 5.41) is 3.14. The van der Waals surface area contributed by atoms with Gasteiger partial charge in [0, 0.05) is 12.0 Å². The molecule has 0 aliphatic heterocycles. The molecule has 1 aliphatic carbocycles. The average molecular weight is 264 g/mol. The number of carbonyl (C=O) groups excluding carboxylic acids is 3. The van der Waals surface area contributed by atoms with Gasteiger partial charge in [0.1, 0.15) is 10.6 Å². The van der Waals surface area contributed by atoms with E-state index in [9.17, 15) is 14.4 Å². The van der Waals surface area contributed by atoms with Crippen molar-refractivity contribution in [3.63, 3.8) is 0 Å². The first-order valence-electron chi connectivity index (χ1n) is 5.49. The van der Waals surface area contributed by atoms with Crippen molar-refractivity contribution in [1.29, 1.82) is 0 Å². The highest BCUT2D eigenvalue weighted by atomic mass is 32.1. The summed E-state index contributed by atoms with van der Waals surface area (Å²) in [4.78, 5) is 39.7. The van der Waals surface area contributed by atoms with Gasteiger partial charge in [-0.05, 0) is 6.92 Å². The molecule has 0 unspecified atom stereocenters. The van der Waals surface area contributed by atoms with Crippen molar-refractivity contribution in [2.75, 3.05) is 0 Å². The maximum Gasteiger partial charge on any atom is 0.227 e. The number of aryl methyl sites for hydroxylation is 1. The van der Waals surface area contributed by atoms with E-state index in [1.165, 1.54) is 11.3 Å². The minimum atomic E-state index is -0.343. The molecule has 0 radical (unpaired) electrons. The van der Waals surface area contributed by atoms with E-state index < -0.39 is 0 Å². The second-order valence-electron chi connectivity index (χ2n) is 4.31. The molecule has 0 fully saturated rings. The summed E-state index contributed by atoms with van der Waals surface area (Å²) in [5.41, 5.74) is 0.222. The van der Waals surface area contributed by atoms with Gasteiger partial charge in [0.05, 0.1) is 10.7 Å². The third-order valence-corrected chi connectivity index (χ3v) is 3.45. The van der Waals surface area contributed by atoms with Gasteiger partial charge in [-0.3, -0.25) is 14.4 Å². The molecule has 1 aromatic heterocycles. The van der Waals surface area contributed by atoms with Crippen LogP contribution in [0.4, 0.5) is 0 Å². The zero-order chi connectivity index (χ0) is 13.4. The molecule has 5 nitrogen and oxygen atoms in total. The Hall–Kier alpha value is -1.82. The van der Waals surface area contributed by atoms with E-state index in [1.807, 2.05) is 0 Å². The smallest absolute Gasteiger partial charge is 0.227 e. The number of aromatic nitrogens is 1. The molecule has 0 saturated heterocycles. The quantitative estimate of drug-likeness (QED) is 0.878. The zero-order valence-corrected chi connectivity index (χ0v) is 11.1. The number of fused-ring (bicyclic) bond motifs is 1. The lowest BCUT2D eigenvalue weighted by Crippen LogP contribution is -2.33. The lowest BCUT2D eigenvalue weighted by molar-refractivity contribution is -0.123. The molecule has 0 bridgehead atoms. The number of nitrogens with one attached hydrogen (secondary N) is 1. The predicted octanol–water partition coefficient (Wildman–Crippen LogP) is 1.49. The van der Waals surface area contributed by atoms with E-state index in [-0.39, 0.29) is 34.8 Å². The maximum absolute atomic E-state index is 12.1. The van der Waals surface area contributed by atoms with Crippen LogP contribution in [-0.2, 0) is 4.79 Å². The summed E-state index contributed by atoms with van der Waals surface area (Å²) in [5.74, 6) is -1.22. The van der Waals surface area contributed by atoms with E-state index in [2.05, 4.69) is 10.3 Å². The Bertz CT molecular complexity index is 584. The summed E-state index contributed by atoms with van der Waals surface area (Å²) in [6.45, 7) is 5.16.